The molecule has 3 heterocycles. The van der Waals surface area contributed by atoms with Gasteiger partial charge in [0.05, 0.1) is 20.3 Å². The molecule has 2 aliphatic heterocycles. The average Bonchev–Trinajstić information content (AvgIpc) is 2.75. The summed E-state index contributed by atoms with van der Waals surface area (Å²) < 4.78 is 10.7. The molecule has 0 saturated carbocycles. The molecule has 0 radical (unpaired) electrons. The molecule has 0 aliphatic carbocycles. The number of benzene rings is 1. The molecule has 1 aromatic carbocycles. The van der Waals surface area contributed by atoms with E-state index in [9.17, 15) is 0 Å². The highest BCUT2D eigenvalue weighted by Crippen LogP contribution is 2.30. The second kappa shape index (κ2) is 7.87. The molecule has 1 aromatic heterocycles. The third-order valence-corrected chi connectivity index (χ3v) is 5.17. The first-order valence-corrected chi connectivity index (χ1v) is 9.33. The molecule has 144 valence electrons. The predicted molar refractivity (Wildman–Crippen MR) is 107 cm³/mol. The summed E-state index contributed by atoms with van der Waals surface area (Å²) in [5.74, 6) is 2.53. The van der Waals surface area contributed by atoms with Gasteiger partial charge in [-0.15, -0.1) is 0 Å². The lowest BCUT2D eigenvalue weighted by Gasteiger charge is -2.37. The molecule has 8 nitrogen and oxygen atoms in total. The van der Waals surface area contributed by atoms with Gasteiger partial charge in [-0.2, -0.15) is 0 Å². The van der Waals surface area contributed by atoms with Crippen LogP contribution in [0.15, 0.2) is 30.6 Å². The highest BCUT2D eigenvalue weighted by molar-refractivity contribution is 5.76. The van der Waals surface area contributed by atoms with Crippen LogP contribution in [-0.2, 0) is 4.74 Å². The topological polar surface area (TPSA) is 80.0 Å². The molecule has 27 heavy (non-hydrogen) atoms. The zero-order chi connectivity index (χ0) is 18.6. The number of nitrogen functional groups attached to an aromatic ring is 1. The molecule has 2 saturated heterocycles. The van der Waals surface area contributed by atoms with Crippen LogP contribution >= 0.6 is 0 Å². The van der Waals surface area contributed by atoms with E-state index >= 15 is 0 Å². The van der Waals surface area contributed by atoms with Gasteiger partial charge in [0.2, 0.25) is 0 Å². The highest BCUT2D eigenvalue weighted by atomic mass is 16.5. The SMILES string of the molecule is COc1ccc(N2CCN(c3ncnc(N4CCOCC4)c3N)CC2)cc1. The second-order valence-electron chi connectivity index (χ2n) is 6.71. The van der Waals surface area contributed by atoms with Crippen molar-refractivity contribution in [1.82, 2.24) is 9.97 Å². The van der Waals surface area contributed by atoms with E-state index in [0.717, 1.165) is 56.7 Å². The highest BCUT2D eigenvalue weighted by Gasteiger charge is 2.24. The maximum Gasteiger partial charge on any atom is 0.157 e. The lowest BCUT2D eigenvalue weighted by atomic mass is 10.2. The van der Waals surface area contributed by atoms with Crippen LogP contribution in [0.1, 0.15) is 0 Å². The maximum absolute atomic E-state index is 6.45. The normalized spacial score (nSPS) is 17.9. The quantitative estimate of drug-likeness (QED) is 0.861. The minimum absolute atomic E-state index is 0.664. The number of nitrogens with two attached hydrogens (primary N) is 1. The zero-order valence-corrected chi connectivity index (χ0v) is 15.7. The van der Waals surface area contributed by atoms with Crippen LogP contribution in [0.4, 0.5) is 23.0 Å². The number of anilines is 4. The van der Waals surface area contributed by atoms with E-state index in [2.05, 4.69) is 36.8 Å². The Kier molecular flexibility index (Phi) is 5.15. The molecule has 4 rings (SSSR count). The summed E-state index contributed by atoms with van der Waals surface area (Å²) >= 11 is 0. The first-order valence-electron chi connectivity index (χ1n) is 9.33. The van der Waals surface area contributed by atoms with Crippen molar-refractivity contribution in [2.45, 2.75) is 0 Å². The van der Waals surface area contributed by atoms with Gasteiger partial charge in [0.15, 0.2) is 11.6 Å². The van der Waals surface area contributed by atoms with Crippen molar-refractivity contribution in [2.24, 2.45) is 0 Å². The van der Waals surface area contributed by atoms with Gasteiger partial charge in [0, 0.05) is 45.0 Å². The number of hydrogen-bond acceptors (Lipinski definition) is 8. The minimum Gasteiger partial charge on any atom is -0.497 e. The Morgan fingerprint density at radius 1 is 0.852 bits per heavy atom. The monoisotopic (exact) mass is 370 g/mol. The molecule has 0 atom stereocenters. The molecule has 2 aliphatic rings. The molecule has 0 bridgehead atoms. The van der Waals surface area contributed by atoms with E-state index in [-0.39, 0.29) is 0 Å². The third kappa shape index (κ3) is 3.71. The molecular formula is C19H26N6O2. The summed E-state index contributed by atoms with van der Waals surface area (Å²) in [5.41, 5.74) is 8.32. The van der Waals surface area contributed by atoms with E-state index in [0.29, 0.717) is 18.9 Å². The maximum atomic E-state index is 6.45. The van der Waals surface area contributed by atoms with Crippen molar-refractivity contribution < 1.29 is 9.47 Å². The lowest BCUT2D eigenvalue weighted by molar-refractivity contribution is 0.122. The van der Waals surface area contributed by atoms with Gasteiger partial charge in [-0.3, -0.25) is 0 Å². The molecule has 8 heteroatoms. The number of rotatable bonds is 4. The van der Waals surface area contributed by atoms with E-state index in [1.807, 2.05) is 12.1 Å². The Hall–Kier alpha value is -2.74. The molecule has 0 unspecified atom stereocenters. The Bertz CT molecular complexity index is 755. The summed E-state index contributed by atoms with van der Waals surface area (Å²) in [5, 5.41) is 0. The van der Waals surface area contributed by atoms with Gasteiger partial charge in [-0.1, -0.05) is 0 Å². The van der Waals surface area contributed by atoms with Crippen LogP contribution in [-0.4, -0.2) is 69.6 Å². The zero-order valence-electron chi connectivity index (χ0n) is 15.7. The fourth-order valence-electron chi connectivity index (χ4n) is 3.63. The second-order valence-corrected chi connectivity index (χ2v) is 6.71. The number of aromatic nitrogens is 2. The van der Waals surface area contributed by atoms with Gasteiger partial charge in [0.25, 0.3) is 0 Å². The van der Waals surface area contributed by atoms with Crippen molar-refractivity contribution in [3.05, 3.63) is 30.6 Å². The summed E-state index contributed by atoms with van der Waals surface area (Å²) in [4.78, 5) is 15.7. The first-order chi connectivity index (χ1) is 13.3. The number of morpholine rings is 1. The van der Waals surface area contributed by atoms with Crippen molar-refractivity contribution in [2.75, 3.05) is 80.0 Å². The van der Waals surface area contributed by atoms with Crippen LogP contribution in [0.3, 0.4) is 0 Å². The fourth-order valence-corrected chi connectivity index (χ4v) is 3.63. The molecule has 0 amide bonds. The van der Waals surface area contributed by atoms with Crippen LogP contribution in [0.5, 0.6) is 5.75 Å². The van der Waals surface area contributed by atoms with Crippen LogP contribution in [0, 0.1) is 0 Å². The summed E-state index contributed by atoms with van der Waals surface area (Å²) in [6.07, 6.45) is 1.62. The first kappa shape index (κ1) is 17.7. The minimum atomic E-state index is 0.664. The fraction of sp³-hybridized carbons (Fsp3) is 0.474. The summed E-state index contributed by atoms with van der Waals surface area (Å²) in [6.45, 7) is 6.62. The number of piperazine rings is 1. The van der Waals surface area contributed by atoms with Crippen molar-refractivity contribution in [3.63, 3.8) is 0 Å². The summed E-state index contributed by atoms with van der Waals surface area (Å²) in [6, 6.07) is 8.20. The van der Waals surface area contributed by atoms with Gasteiger partial charge >= 0.3 is 0 Å². The summed E-state index contributed by atoms with van der Waals surface area (Å²) in [7, 11) is 1.69. The third-order valence-electron chi connectivity index (χ3n) is 5.17. The van der Waals surface area contributed by atoms with Crippen molar-refractivity contribution in [1.29, 1.82) is 0 Å². The number of hydrogen-bond donors (Lipinski definition) is 1. The van der Waals surface area contributed by atoms with E-state index in [1.54, 1.807) is 13.4 Å². The Balaban J connectivity index is 1.44. The smallest absolute Gasteiger partial charge is 0.157 e. The van der Waals surface area contributed by atoms with Crippen LogP contribution < -0.4 is 25.2 Å². The molecule has 2 N–H and O–H groups in total. The van der Waals surface area contributed by atoms with E-state index in [1.165, 1.54) is 5.69 Å². The Morgan fingerprint density at radius 3 is 2.00 bits per heavy atom. The van der Waals surface area contributed by atoms with Gasteiger partial charge in [-0.25, -0.2) is 9.97 Å². The number of nitrogens with zero attached hydrogens (tertiary/aromatic N) is 5. The molecule has 0 spiro atoms. The van der Waals surface area contributed by atoms with Gasteiger partial charge in [-0.05, 0) is 24.3 Å². The lowest BCUT2D eigenvalue weighted by Crippen LogP contribution is -2.47. The van der Waals surface area contributed by atoms with Crippen molar-refractivity contribution >= 4 is 23.0 Å². The molecule has 2 fully saturated rings. The Morgan fingerprint density at radius 2 is 1.41 bits per heavy atom. The molecular weight excluding hydrogens is 344 g/mol. The predicted octanol–water partition coefficient (Wildman–Crippen LogP) is 1.23. The van der Waals surface area contributed by atoms with E-state index in [4.69, 9.17) is 15.2 Å². The van der Waals surface area contributed by atoms with Crippen LogP contribution in [0.2, 0.25) is 0 Å². The molecule has 2 aromatic rings. The van der Waals surface area contributed by atoms with E-state index < -0.39 is 0 Å². The average molecular weight is 370 g/mol. The number of methoxy groups -OCH3 is 1. The Labute approximate surface area is 159 Å². The largest absolute Gasteiger partial charge is 0.497 e. The number of ether oxygens (including phenoxy) is 2. The van der Waals surface area contributed by atoms with Crippen LogP contribution in [0.25, 0.3) is 0 Å². The standard InChI is InChI=1S/C19H26N6O2/c1-26-16-4-2-15(3-5-16)23-6-8-24(9-7-23)18-17(20)19(22-14-21-18)25-10-12-27-13-11-25/h2-5,14H,6-13,20H2,1H3. The van der Waals surface area contributed by atoms with Gasteiger partial charge < -0.3 is 29.9 Å². The van der Waals surface area contributed by atoms with Gasteiger partial charge in [0.1, 0.15) is 17.8 Å². The van der Waals surface area contributed by atoms with Crippen molar-refractivity contribution in [3.8, 4) is 5.75 Å².